The molecule has 2 aromatic heterocycles. The molecule has 14 heavy (non-hydrogen) atoms. The van der Waals surface area contributed by atoms with E-state index in [1.54, 1.807) is 35.9 Å². The van der Waals surface area contributed by atoms with E-state index in [0.29, 0.717) is 5.56 Å². The van der Waals surface area contributed by atoms with E-state index in [1.165, 1.54) is 0 Å². The number of nitrogens with zero attached hydrogens (tertiary/aromatic N) is 1. The quantitative estimate of drug-likeness (QED) is 0.702. The van der Waals surface area contributed by atoms with Crippen molar-refractivity contribution in [3.8, 4) is 0 Å². The van der Waals surface area contributed by atoms with E-state index in [1.807, 2.05) is 17.7 Å². The minimum atomic E-state index is 0.0526. The maximum Gasteiger partial charge on any atom is 0.195 e. The fourth-order valence-electron chi connectivity index (χ4n) is 1.25. The number of hydrogen-bond donors (Lipinski definition) is 0. The minimum absolute atomic E-state index is 0.0526. The van der Waals surface area contributed by atoms with Crippen molar-refractivity contribution in [1.82, 2.24) is 4.98 Å². The molecule has 0 N–H and O–H groups in total. The summed E-state index contributed by atoms with van der Waals surface area (Å²) in [6.45, 7) is 1.94. The summed E-state index contributed by atoms with van der Waals surface area (Å²) in [4.78, 5) is 15.8. The van der Waals surface area contributed by atoms with Crippen LogP contribution in [0.1, 0.15) is 21.5 Å². The van der Waals surface area contributed by atoms with Crippen molar-refractivity contribution in [2.45, 2.75) is 6.92 Å². The van der Waals surface area contributed by atoms with Crippen molar-refractivity contribution in [1.29, 1.82) is 0 Å². The number of aryl methyl sites for hydroxylation is 1. The van der Waals surface area contributed by atoms with E-state index in [2.05, 4.69) is 4.98 Å². The predicted molar refractivity (Wildman–Crippen MR) is 56.7 cm³/mol. The van der Waals surface area contributed by atoms with Crippen molar-refractivity contribution in [2.24, 2.45) is 0 Å². The zero-order valence-corrected chi connectivity index (χ0v) is 8.54. The fourth-order valence-corrected chi connectivity index (χ4v) is 2.07. The number of hydrogen-bond acceptors (Lipinski definition) is 3. The molecule has 0 unspecified atom stereocenters. The summed E-state index contributed by atoms with van der Waals surface area (Å²) in [5.74, 6) is 0.0526. The van der Waals surface area contributed by atoms with Crippen molar-refractivity contribution in [3.63, 3.8) is 0 Å². The third-order valence-electron chi connectivity index (χ3n) is 2.02. The van der Waals surface area contributed by atoms with E-state index in [9.17, 15) is 4.79 Å². The van der Waals surface area contributed by atoms with Crippen LogP contribution >= 0.6 is 11.3 Å². The minimum Gasteiger partial charge on any atom is -0.289 e. The second-order valence-corrected chi connectivity index (χ2v) is 3.78. The van der Waals surface area contributed by atoms with Crippen LogP contribution in [-0.2, 0) is 0 Å². The molecule has 0 bridgehead atoms. The van der Waals surface area contributed by atoms with Crippen LogP contribution in [0.3, 0.4) is 0 Å². The van der Waals surface area contributed by atoms with E-state index in [-0.39, 0.29) is 5.78 Å². The number of rotatable bonds is 2. The summed E-state index contributed by atoms with van der Waals surface area (Å²) in [5, 5.41) is 3.86. The summed E-state index contributed by atoms with van der Waals surface area (Å²) < 4.78 is 0. The van der Waals surface area contributed by atoms with Gasteiger partial charge in [-0.1, -0.05) is 0 Å². The number of thiophene rings is 1. The van der Waals surface area contributed by atoms with Gasteiger partial charge in [-0.05, 0) is 30.0 Å². The molecule has 2 nitrogen and oxygen atoms in total. The van der Waals surface area contributed by atoms with Crippen molar-refractivity contribution < 1.29 is 4.79 Å². The summed E-state index contributed by atoms with van der Waals surface area (Å²) in [7, 11) is 0. The Morgan fingerprint density at radius 2 is 2.29 bits per heavy atom. The Balaban J connectivity index is 2.39. The van der Waals surface area contributed by atoms with E-state index < -0.39 is 0 Å². The van der Waals surface area contributed by atoms with Crippen molar-refractivity contribution in [3.05, 3.63) is 52.0 Å². The van der Waals surface area contributed by atoms with Crippen LogP contribution in [0.4, 0.5) is 0 Å². The number of pyridine rings is 1. The predicted octanol–water partition coefficient (Wildman–Crippen LogP) is 2.68. The molecule has 0 atom stereocenters. The van der Waals surface area contributed by atoms with Gasteiger partial charge in [-0.15, -0.1) is 0 Å². The molecule has 0 saturated carbocycles. The van der Waals surface area contributed by atoms with E-state index >= 15 is 0 Å². The molecule has 0 amide bonds. The van der Waals surface area contributed by atoms with Gasteiger partial charge in [0.15, 0.2) is 5.78 Å². The Bertz CT molecular complexity index is 447. The number of aromatic nitrogens is 1. The molecule has 0 aliphatic rings. The second-order valence-electron chi connectivity index (χ2n) is 3.04. The van der Waals surface area contributed by atoms with Gasteiger partial charge >= 0.3 is 0 Å². The van der Waals surface area contributed by atoms with Crippen molar-refractivity contribution in [2.75, 3.05) is 0 Å². The van der Waals surface area contributed by atoms with Gasteiger partial charge in [0.2, 0.25) is 0 Å². The summed E-state index contributed by atoms with van der Waals surface area (Å²) in [6, 6.07) is 3.56. The average Bonchev–Trinajstić information content (AvgIpc) is 2.65. The number of ketones is 1. The lowest BCUT2D eigenvalue weighted by Gasteiger charge is -1.98. The first-order valence-corrected chi connectivity index (χ1v) is 5.21. The first-order valence-electron chi connectivity index (χ1n) is 4.26. The molecule has 0 aliphatic heterocycles. The van der Waals surface area contributed by atoms with Crippen molar-refractivity contribution >= 4 is 17.1 Å². The third kappa shape index (κ3) is 1.59. The molecule has 3 heteroatoms. The van der Waals surface area contributed by atoms with Crippen LogP contribution in [0.15, 0.2) is 35.3 Å². The molecule has 0 spiro atoms. The largest absolute Gasteiger partial charge is 0.289 e. The highest BCUT2D eigenvalue weighted by Crippen LogP contribution is 2.17. The molecule has 2 aromatic rings. The molecular formula is C11H9NOS. The van der Waals surface area contributed by atoms with Gasteiger partial charge in [0.25, 0.3) is 0 Å². The van der Waals surface area contributed by atoms with Crippen LogP contribution in [-0.4, -0.2) is 10.8 Å². The van der Waals surface area contributed by atoms with E-state index in [4.69, 9.17) is 0 Å². The van der Waals surface area contributed by atoms with E-state index in [0.717, 1.165) is 11.1 Å². The molecule has 2 heterocycles. The van der Waals surface area contributed by atoms with Crippen LogP contribution < -0.4 is 0 Å². The van der Waals surface area contributed by atoms with Crippen LogP contribution in [0.25, 0.3) is 0 Å². The summed E-state index contributed by atoms with van der Waals surface area (Å²) in [5.41, 5.74) is 2.46. The maximum atomic E-state index is 11.9. The molecule has 0 aromatic carbocycles. The van der Waals surface area contributed by atoms with Crippen LogP contribution in [0.2, 0.25) is 0 Å². The molecule has 0 aliphatic carbocycles. The summed E-state index contributed by atoms with van der Waals surface area (Å²) in [6.07, 6.45) is 3.26. The zero-order valence-electron chi connectivity index (χ0n) is 7.73. The Labute approximate surface area is 86.2 Å². The molecule has 2 rings (SSSR count). The molecule has 0 saturated heterocycles. The Hall–Kier alpha value is -1.48. The first-order chi connectivity index (χ1) is 6.79. The van der Waals surface area contributed by atoms with Crippen LogP contribution in [0.5, 0.6) is 0 Å². The lowest BCUT2D eigenvalue weighted by molar-refractivity contribution is 0.103. The van der Waals surface area contributed by atoms with Gasteiger partial charge < -0.3 is 0 Å². The van der Waals surface area contributed by atoms with Gasteiger partial charge in [0.1, 0.15) is 0 Å². The lowest BCUT2D eigenvalue weighted by atomic mass is 10.1. The Kier molecular flexibility index (Phi) is 2.41. The molecular weight excluding hydrogens is 194 g/mol. The molecule has 70 valence electrons. The van der Waals surface area contributed by atoms with Crippen LogP contribution in [0, 0.1) is 6.92 Å². The Morgan fingerprint density at radius 3 is 2.86 bits per heavy atom. The average molecular weight is 203 g/mol. The second kappa shape index (κ2) is 3.72. The maximum absolute atomic E-state index is 11.9. The SMILES string of the molecule is Cc1cscc1C(=O)c1cccnc1. The number of carbonyl (C=O) groups excluding carboxylic acids is 1. The fraction of sp³-hybridized carbons (Fsp3) is 0.0909. The van der Waals surface area contributed by atoms with Gasteiger partial charge in [0, 0.05) is 28.9 Å². The van der Waals surface area contributed by atoms with Gasteiger partial charge in [-0.2, -0.15) is 11.3 Å². The topological polar surface area (TPSA) is 30.0 Å². The highest BCUT2D eigenvalue weighted by molar-refractivity contribution is 7.08. The lowest BCUT2D eigenvalue weighted by Crippen LogP contribution is -2.01. The Morgan fingerprint density at radius 1 is 1.43 bits per heavy atom. The molecule has 0 fully saturated rings. The number of carbonyl (C=O) groups is 1. The van der Waals surface area contributed by atoms with Gasteiger partial charge in [-0.3, -0.25) is 9.78 Å². The normalized spacial score (nSPS) is 10.1. The molecule has 0 radical (unpaired) electrons. The zero-order chi connectivity index (χ0) is 9.97. The third-order valence-corrected chi connectivity index (χ3v) is 2.89. The highest BCUT2D eigenvalue weighted by Gasteiger charge is 2.11. The summed E-state index contributed by atoms with van der Waals surface area (Å²) >= 11 is 1.55. The standard InChI is InChI=1S/C11H9NOS/c1-8-6-14-7-10(8)11(13)9-3-2-4-12-5-9/h2-7H,1H3. The van der Waals surface area contributed by atoms with Gasteiger partial charge in [0.05, 0.1) is 0 Å². The monoisotopic (exact) mass is 203 g/mol. The highest BCUT2D eigenvalue weighted by atomic mass is 32.1. The first kappa shape index (κ1) is 9.09. The van der Waals surface area contributed by atoms with Gasteiger partial charge in [-0.25, -0.2) is 0 Å². The smallest absolute Gasteiger partial charge is 0.195 e.